The van der Waals surface area contributed by atoms with E-state index in [2.05, 4.69) is 43.1 Å². The van der Waals surface area contributed by atoms with Crippen LogP contribution in [0.1, 0.15) is 24.1 Å². The third-order valence-electron chi connectivity index (χ3n) is 7.34. The molecule has 0 saturated carbocycles. The maximum absolute atomic E-state index is 14.0. The van der Waals surface area contributed by atoms with Crippen LogP contribution in [0.5, 0.6) is 0 Å². The van der Waals surface area contributed by atoms with E-state index < -0.39 is 0 Å². The predicted molar refractivity (Wildman–Crippen MR) is 121 cm³/mol. The van der Waals surface area contributed by atoms with Gasteiger partial charge in [0.05, 0.1) is 30.5 Å². The summed E-state index contributed by atoms with van der Waals surface area (Å²) in [6.07, 6.45) is 7.89. The molecule has 0 radical (unpaired) electrons. The van der Waals surface area contributed by atoms with Crippen molar-refractivity contribution in [3.8, 4) is 0 Å². The van der Waals surface area contributed by atoms with Gasteiger partial charge in [0.2, 0.25) is 5.91 Å². The fourth-order valence-electron chi connectivity index (χ4n) is 5.84. The summed E-state index contributed by atoms with van der Waals surface area (Å²) in [5.41, 5.74) is 2.01. The highest BCUT2D eigenvalue weighted by atomic mass is 16.5. The molecule has 5 rings (SSSR count). The Bertz CT molecular complexity index is 912. The van der Waals surface area contributed by atoms with Crippen LogP contribution in [-0.2, 0) is 29.7 Å². The van der Waals surface area contributed by atoms with Crippen molar-refractivity contribution in [3.05, 3.63) is 48.0 Å². The molecule has 0 bridgehead atoms. The highest BCUT2D eigenvalue weighted by Gasteiger charge is 2.54. The Morgan fingerprint density at radius 1 is 1.16 bits per heavy atom. The van der Waals surface area contributed by atoms with Crippen molar-refractivity contribution < 1.29 is 9.53 Å². The maximum Gasteiger partial charge on any atom is 0.230 e. The summed E-state index contributed by atoms with van der Waals surface area (Å²) in [5, 5.41) is 4.33. The molecule has 1 amide bonds. The van der Waals surface area contributed by atoms with Crippen LogP contribution in [-0.4, -0.2) is 87.9 Å². The minimum absolute atomic E-state index is 0.307. The van der Waals surface area contributed by atoms with E-state index in [0.29, 0.717) is 38.1 Å². The largest absolute Gasteiger partial charge is 0.378 e. The van der Waals surface area contributed by atoms with Crippen molar-refractivity contribution in [3.63, 3.8) is 0 Å². The Hall–Kier alpha value is -2.29. The van der Waals surface area contributed by atoms with E-state index in [0.717, 1.165) is 57.8 Å². The number of aromatic nitrogens is 3. The number of carbonyl (C=O) groups excluding carboxylic acids is 1. The molecule has 3 aliphatic heterocycles. The molecule has 0 aromatic carbocycles. The van der Waals surface area contributed by atoms with Crippen molar-refractivity contribution in [1.82, 2.24) is 29.5 Å². The van der Waals surface area contributed by atoms with Crippen LogP contribution in [0.15, 0.2) is 36.8 Å². The third-order valence-corrected chi connectivity index (χ3v) is 7.34. The molecule has 8 nitrogen and oxygen atoms in total. The number of ether oxygens (including phenoxy) is 1. The second kappa shape index (κ2) is 9.29. The SMILES string of the molecule is Cn1cc(CN2C[C@@H]3CN(Cc4ccccn4)CCC[C@]3(C(=O)N3CCOCC3)C2)cn1. The van der Waals surface area contributed by atoms with Crippen molar-refractivity contribution in [2.75, 3.05) is 52.5 Å². The summed E-state index contributed by atoms with van der Waals surface area (Å²) in [4.78, 5) is 25.6. The molecule has 5 heterocycles. The summed E-state index contributed by atoms with van der Waals surface area (Å²) >= 11 is 0. The molecular weight excluding hydrogens is 404 g/mol. The van der Waals surface area contributed by atoms with E-state index in [1.165, 1.54) is 5.56 Å². The number of aryl methyl sites for hydroxylation is 1. The monoisotopic (exact) mass is 438 g/mol. The van der Waals surface area contributed by atoms with Gasteiger partial charge in [-0.3, -0.25) is 24.3 Å². The first-order chi connectivity index (χ1) is 15.6. The summed E-state index contributed by atoms with van der Waals surface area (Å²) in [6, 6.07) is 6.11. The van der Waals surface area contributed by atoms with E-state index in [9.17, 15) is 4.79 Å². The van der Waals surface area contributed by atoms with Gasteiger partial charge < -0.3 is 9.64 Å². The van der Waals surface area contributed by atoms with E-state index in [4.69, 9.17) is 4.74 Å². The van der Waals surface area contributed by atoms with Gasteiger partial charge in [-0.05, 0) is 37.4 Å². The highest BCUT2D eigenvalue weighted by molar-refractivity contribution is 5.84. The number of pyridine rings is 1. The van der Waals surface area contributed by atoms with Gasteiger partial charge in [-0.2, -0.15) is 5.10 Å². The summed E-state index contributed by atoms with van der Waals surface area (Å²) in [5.74, 6) is 0.667. The normalized spacial score (nSPS) is 27.3. The maximum atomic E-state index is 14.0. The quantitative estimate of drug-likeness (QED) is 0.703. The van der Waals surface area contributed by atoms with Crippen LogP contribution >= 0.6 is 0 Å². The number of nitrogens with zero attached hydrogens (tertiary/aromatic N) is 6. The molecule has 8 heteroatoms. The summed E-state index contributed by atoms with van der Waals surface area (Å²) in [7, 11) is 1.95. The number of rotatable bonds is 5. The van der Waals surface area contributed by atoms with E-state index >= 15 is 0 Å². The van der Waals surface area contributed by atoms with Crippen molar-refractivity contribution in [1.29, 1.82) is 0 Å². The van der Waals surface area contributed by atoms with Gasteiger partial charge in [-0.1, -0.05) is 6.07 Å². The molecule has 172 valence electrons. The summed E-state index contributed by atoms with van der Waals surface area (Å²) in [6.45, 7) is 8.18. The molecule has 3 fully saturated rings. The fraction of sp³-hybridized carbons (Fsp3) is 0.625. The van der Waals surface area contributed by atoms with Crippen LogP contribution in [0.25, 0.3) is 0 Å². The summed E-state index contributed by atoms with van der Waals surface area (Å²) < 4.78 is 7.38. The van der Waals surface area contributed by atoms with Crippen molar-refractivity contribution >= 4 is 5.91 Å². The first-order valence-corrected chi connectivity index (χ1v) is 11.8. The molecule has 0 N–H and O–H groups in total. The number of hydrogen-bond donors (Lipinski definition) is 0. The third kappa shape index (κ3) is 4.44. The second-order valence-corrected chi connectivity index (χ2v) is 9.61. The average molecular weight is 439 g/mol. The average Bonchev–Trinajstić information content (AvgIpc) is 3.33. The van der Waals surface area contributed by atoms with Crippen molar-refractivity contribution in [2.24, 2.45) is 18.4 Å². The van der Waals surface area contributed by atoms with Gasteiger partial charge in [-0.15, -0.1) is 0 Å². The lowest BCUT2D eigenvalue weighted by Gasteiger charge is -2.39. The Morgan fingerprint density at radius 2 is 2.00 bits per heavy atom. The predicted octanol–water partition coefficient (Wildman–Crippen LogP) is 1.39. The smallest absolute Gasteiger partial charge is 0.230 e. The number of hydrogen-bond acceptors (Lipinski definition) is 6. The van der Waals surface area contributed by atoms with Crippen LogP contribution < -0.4 is 0 Å². The van der Waals surface area contributed by atoms with Crippen LogP contribution in [0.4, 0.5) is 0 Å². The first-order valence-electron chi connectivity index (χ1n) is 11.8. The number of fused-ring (bicyclic) bond motifs is 1. The number of morpholine rings is 1. The molecule has 2 aromatic rings. The Labute approximate surface area is 190 Å². The number of carbonyl (C=O) groups is 1. The fourth-order valence-corrected chi connectivity index (χ4v) is 5.84. The molecule has 3 aliphatic rings. The Balaban J connectivity index is 1.37. The van der Waals surface area contributed by atoms with Crippen LogP contribution in [0.2, 0.25) is 0 Å². The molecule has 2 atom stereocenters. The van der Waals surface area contributed by atoms with E-state index in [1.54, 1.807) is 0 Å². The van der Waals surface area contributed by atoms with Gasteiger partial charge >= 0.3 is 0 Å². The van der Waals surface area contributed by atoms with Gasteiger partial charge in [0.25, 0.3) is 0 Å². The number of likely N-dealkylation sites (tertiary alicyclic amines) is 2. The van der Waals surface area contributed by atoms with Gasteiger partial charge in [0, 0.05) is 70.8 Å². The highest BCUT2D eigenvalue weighted by Crippen LogP contribution is 2.45. The Morgan fingerprint density at radius 3 is 2.75 bits per heavy atom. The zero-order valence-corrected chi connectivity index (χ0v) is 19.0. The number of amides is 1. The van der Waals surface area contributed by atoms with E-state index in [1.807, 2.05) is 30.2 Å². The topological polar surface area (TPSA) is 66.7 Å². The van der Waals surface area contributed by atoms with Gasteiger partial charge in [0.15, 0.2) is 0 Å². The molecular formula is C24H34N6O2. The zero-order chi connectivity index (χ0) is 22.0. The van der Waals surface area contributed by atoms with Gasteiger partial charge in [-0.25, -0.2) is 0 Å². The van der Waals surface area contributed by atoms with Crippen LogP contribution in [0.3, 0.4) is 0 Å². The van der Waals surface area contributed by atoms with Gasteiger partial charge in [0.1, 0.15) is 0 Å². The minimum atomic E-state index is -0.307. The molecule has 0 aliphatic carbocycles. The molecule has 0 spiro atoms. The molecule has 32 heavy (non-hydrogen) atoms. The van der Waals surface area contributed by atoms with E-state index in [-0.39, 0.29) is 5.41 Å². The molecule has 3 saturated heterocycles. The van der Waals surface area contributed by atoms with Crippen molar-refractivity contribution in [2.45, 2.75) is 25.9 Å². The lowest BCUT2D eigenvalue weighted by atomic mass is 9.73. The second-order valence-electron chi connectivity index (χ2n) is 9.61. The molecule has 0 unspecified atom stereocenters. The lowest BCUT2D eigenvalue weighted by Crippen LogP contribution is -2.52. The van der Waals surface area contributed by atoms with Crippen LogP contribution in [0, 0.1) is 11.3 Å². The standard InChI is InChI=1S/C24H34N6O2/c1-27-14-20(13-26-27)15-29-17-21-16-28(18-22-5-2-3-7-25-22)8-4-6-24(21,19-29)23(31)30-9-11-32-12-10-30/h2-3,5,7,13-14,21H,4,6,8-12,15-19H2,1H3/t21-,24-/m0/s1. The lowest BCUT2D eigenvalue weighted by molar-refractivity contribution is -0.148. The zero-order valence-electron chi connectivity index (χ0n) is 19.0. The molecule has 2 aromatic heterocycles. The minimum Gasteiger partial charge on any atom is -0.378 e. The first kappa shape index (κ1) is 21.6. The Kier molecular flexibility index (Phi) is 6.26.